The van der Waals surface area contributed by atoms with Crippen molar-refractivity contribution in [2.75, 3.05) is 31.6 Å². The number of amides is 1. The van der Waals surface area contributed by atoms with E-state index in [1.165, 1.54) is 6.42 Å². The molecular weight excluding hydrogens is 322 g/mol. The average Bonchev–Trinajstić information content (AvgIpc) is 2.53. The molecule has 5 heteroatoms. The van der Waals surface area contributed by atoms with E-state index in [1.807, 2.05) is 17.0 Å². The number of nitrogens with zero attached hydrogens (tertiary/aromatic N) is 1. The fourth-order valence-corrected chi connectivity index (χ4v) is 3.26. The van der Waals surface area contributed by atoms with Gasteiger partial charge in [0.15, 0.2) is 11.5 Å². The Morgan fingerprint density at radius 2 is 2.10 bits per heavy atom. The molecule has 0 bridgehead atoms. The molecule has 2 heterocycles. The van der Waals surface area contributed by atoms with Crippen LogP contribution in [0.2, 0.25) is 0 Å². The topological polar surface area (TPSA) is 38.8 Å². The van der Waals surface area contributed by atoms with E-state index in [-0.39, 0.29) is 5.91 Å². The van der Waals surface area contributed by atoms with Crippen LogP contribution < -0.4 is 9.47 Å². The van der Waals surface area contributed by atoms with Crippen molar-refractivity contribution >= 4 is 21.8 Å². The summed E-state index contributed by atoms with van der Waals surface area (Å²) in [4.78, 5) is 14.5. The summed E-state index contributed by atoms with van der Waals surface area (Å²) >= 11 is 3.52. The molecule has 4 nitrogen and oxygen atoms in total. The molecule has 1 unspecified atom stereocenters. The Labute approximate surface area is 127 Å². The summed E-state index contributed by atoms with van der Waals surface area (Å²) in [6.45, 7) is 2.79. The number of likely N-dealkylation sites (tertiary alicyclic amines) is 1. The van der Waals surface area contributed by atoms with Gasteiger partial charge in [-0.2, -0.15) is 0 Å². The highest BCUT2D eigenvalue weighted by Crippen LogP contribution is 2.31. The van der Waals surface area contributed by atoms with Gasteiger partial charge in [-0.15, -0.1) is 0 Å². The highest BCUT2D eigenvalue weighted by atomic mass is 79.9. The van der Waals surface area contributed by atoms with Crippen LogP contribution in [0.3, 0.4) is 0 Å². The fraction of sp³-hybridized carbons (Fsp3) is 0.533. The van der Waals surface area contributed by atoms with Crippen LogP contribution in [0, 0.1) is 5.92 Å². The van der Waals surface area contributed by atoms with E-state index in [4.69, 9.17) is 9.47 Å². The van der Waals surface area contributed by atoms with Gasteiger partial charge in [-0.3, -0.25) is 4.79 Å². The van der Waals surface area contributed by atoms with Crippen LogP contribution in [0.15, 0.2) is 18.2 Å². The maximum Gasteiger partial charge on any atom is 0.254 e. The number of halogens is 1. The van der Waals surface area contributed by atoms with E-state index in [1.54, 1.807) is 6.07 Å². The maximum absolute atomic E-state index is 12.6. The number of carbonyl (C=O) groups excluding carboxylic acids is 1. The van der Waals surface area contributed by atoms with Crippen LogP contribution in [-0.4, -0.2) is 42.4 Å². The van der Waals surface area contributed by atoms with Crippen molar-refractivity contribution in [2.45, 2.75) is 12.8 Å². The van der Waals surface area contributed by atoms with Gasteiger partial charge >= 0.3 is 0 Å². The van der Waals surface area contributed by atoms with Crippen molar-refractivity contribution in [3.05, 3.63) is 23.8 Å². The number of benzene rings is 1. The number of ether oxygens (including phenoxy) is 2. The number of hydrogen-bond acceptors (Lipinski definition) is 3. The van der Waals surface area contributed by atoms with Gasteiger partial charge in [0.2, 0.25) is 0 Å². The molecule has 20 heavy (non-hydrogen) atoms. The standard InChI is InChI=1S/C15H18BrNO3/c16-9-11-2-1-5-17(10-11)15(18)12-3-4-13-14(8-12)20-7-6-19-13/h3-4,8,11H,1-2,5-7,9-10H2. The largest absolute Gasteiger partial charge is 0.486 e. The first-order chi connectivity index (χ1) is 9.78. The molecule has 0 aliphatic carbocycles. The van der Waals surface area contributed by atoms with E-state index >= 15 is 0 Å². The van der Waals surface area contributed by atoms with E-state index < -0.39 is 0 Å². The lowest BCUT2D eigenvalue weighted by Gasteiger charge is -2.32. The van der Waals surface area contributed by atoms with Gasteiger partial charge in [0.25, 0.3) is 5.91 Å². The molecule has 0 spiro atoms. The second-order valence-electron chi connectivity index (χ2n) is 5.27. The van der Waals surface area contributed by atoms with E-state index in [0.717, 1.165) is 30.6 Å². The smallest absolute Gasteiger partial charge is 0.254 e. The molecule has 1 saturated heterocycles. The zero-order valence-electron chi connectivity index (χ0n) is 11.3. The molecule has 3 rings (SSSR count). The minimum atomic E-state index is 0.0904. The summed E-state index contributed by atoms with van der Waals surface area (Å²) in [5, 5.41) is 0.956. The molecule has 2 aliphatic rings. The lowest BCUT2D eigenvalue weighted by Crippen LogP contribution is -2.40. The number of fused-ring (bicyclic) bond motifs is 1. The Hall–Kier alpha value is -1.23. The Bertz CT molecular complexity index is 506. The van der Waals surface area contributed by atoms with Gasteiger partial charge in [0.1, 0.15) is 13.2 Å². The van der Waals surface area contributed by atoms with Crippen molar-refractivity contribution in [3.63, 3.8) is 0 Å². The summed E-state index contributed by atoms with van der Waals surface area (Å²) in [6.07, 6.45) is 2.27. The molecule has 1 atom stereocenters. The maximum atomic E-state index is 12.6. The molecule has 1 fully saturated rings. The van der Waals surface area contributed by atoms with Gasteiger partial charge in [-0.05, 0) is 37.0 Å². The van der Waals surface area contributed by atoms with Gasteiger partial charge in [0.05, 0.1) is 0 Å². The summed E-state index contributed by atoms with van der Waals surface area (Å²) in [5.74, 6) is 2.05. The SMILES string of the molecule is O=C(c1ccc2c(c1)OCCO2)N1CCCC(CBr)C1. The van der Waals surface area contributed by atoms with Crippen LogP contribution in [0.5, 0.6) is 11.5 Å². The lowest BCUT2D eigenvalue weighted by atomic mass is 9.99. The molecule has 0 N–H and O–H groups in total. The first kappa shape index (κ1) is 13.7. The summed E-state index contributed by atoms with van der Waals surface area (Å²) < 4.78 is 11.0. The normalized spacial score (nSPS) is 21.6. The predicted octanol–water partition coefficient (Wildman–Crippen LogP) is 2.70. The monoisotopic (exact) mass is 339 g/mol. The Kier molecular flexibility index (Phi) is 4.15. The summed E-state index contributed by atoms with van der Waals surface area (Å²) in [5.41, 5.74) is 0.685. The minimum Gasteiger partial charge on any atom is -0.486 e. The zero-order valence-corrected chi connectivity index (χ0v) is 12.9. The number of hydrogen-bond donors (Lipinski definition) is 0. The summed E-state index contributed by atoms with van der Waals surface area (Å²) in [7, 11) is 0. The van der Waals surface area contributed by atoms with Crippen LogP contribution in [0.25, 0.3) is 0 Å². The first-order valence-corrected chi connectivity index (χ1v) is 8.15. The molecule has 0 aromatic heterocycles. The molecule has 0 saturated carbocycles. The van der Waals surface area contributed by atoms with Gasteiger partial charge < -0.3 is 14.4 Å². The first-order valence-electron chi connectivity index (χ1n) is 7.03. The molecule has 0 radical (unpaired) electrons. The van der Waals surface area contributed by atoms with Gasteiger partial charge in [-0.1, -0.05) is 15.9 Å². The molecule has 2 aliphatic heterocycles. The molecule has 1 amide bonds. The second kappa shape index (κ2) is 6.04. The van der Waals surface area contributed by atoms with E-state index in [2.05, 4.69) is 15.9 Å². The average molecular weight is 340 g/mol. The van der Waals surface area contributed by atoms with Gasteiger partial charge in [0, 0.05) is 24.0 Å². The van der Waals surface area contributed by atoms with E-state index in [9.17, 15) is 4.79 Å². The third-order valence-corrected chi connectivity index (χ3v) is 4.73. The number of carbonyl (C=O) groups is 1. The fourth-order valence-electron chi connectivity index (χ4n) is 2.73. The van der Waals surface area contributed by atoms with Crippen LogP contribution >= 0.6 is 15.9 Å². The third kappa shape index (κ3) is 2.77. The molecule has 108 valence electrons. The number of piperidine rings is 1. The van der Waals surface area contributed by atoms with Crippen LogP contribution in [0.1, 0.15) is 23.2 Å². The van der Waals surface area contributed by atoms with Crippen molar-refractivity contribution in [3.8, 4) is 11.5 Å². The molecule has 1 aromatic rings. The minimum absolute atomic E-state index is 0.0904. The van der Waals surface area contributed by atoms with Crippen LogP contribution in [-0.2, 0) is 0 Å². The highest BCUT2D eigenvalue weighted by molar-refractivity contribution is 9.09. The molecule has 1 aromatic carbocycles. The van der Waals surface area contributed by atoms with Crippen molar-refractivity contribution < 1.29 is 14.3 Å². The Morgan fingerprint density at radius 1 is 1.30 bits per heavy atom. The predicted molar refractivity (Wildman–Crippen MR) is 79.9 cm³/mol. The van der Waals surface area contributed by atoms with Crippen LogP contribution in [0.4, 0.5) is 0 Å². The number of rotatable bonds is 2. The Morgan fingerprint density at radius 3 is 2.90 bits per heavy atom. The molecular formula is C15H18BrNO3. The number of alkyl halides is 1. The lowest BCUT2D eigenvalue weighted by molar-refractivity contribution is 0.0685. The van der Waals surface area contributed by atoms with Crippen molar-refractivity contribution in [1.82, 2.24) is 4.90 Å². The Balaban J connectivity index is 1.76. The second-order valence-corrected chi connectivity index (χ2v) is 5.92. The quantitative estimate of drug-likeness (QED) is 0.777. The van der Waals surface area contributed by atoms with E-state index in [0.29, 0.717) is 30.4 Å². The van der Waals surface area contributed by atoms with Crippen molar-refractivity contribution in [2.24, 2.45) is 5.92 Å². The third-order valence-electron chi connectivity index (χ3n) is 3.81. The highest BCUT2D eigenvalue weighted by Gasteiger charge is 2.25. The summed E-state index contributed by atoms with van der Waals surface area (Å²) in [6, 6.07) is 5.45. The van der Waals surface area contributed by atoms with Crippen molar-refractivity contribution in [1.29, 1.82) is 0 Å². The van der Waals surface area contributed by atoms with Gasteiger partial charge in [-0.25, -0.2) is 0 Å². The zero-order chi connectivity index (χ0) is 13.9.